The summed E-state index contributed by atoms with van der Waals surface area (Å²) in [6, 6.07) is 16.9. The second-order valence-corrected chi connectivity index (χ2v) is 11.5. The molecule has 5 rings (SSSR count). The third-order valence-electron chi connectivity index (χ3n) is 6.63. The number of benzene rings is 2. The molecule has 2 fully saturated rings. The molecule has 1 heterocycles. The number of amides is 1. The van der Waals surface area contributed by atoms with E-state index in [0.717, 1.165) is 30.8 Å². The highest BCUT2D eigenvalue weighted by atomic mass is 35.5. The summed E-state index contributed by atoms with van der Waals surface area (Å²) < 4.78 is 32.6. The van der Waals surface area contributed by atoms with E-state index < -0.39 is 27.8 Å². The SMILES string of the molecule is COc1cc(N(CC2CC2)c2ccc(Cl)cc2)cnc1C(=O)C1CC1C(=O)NS(=O)(=O)c1ccccc1. The molecule has 0 bridgehead atoms. The molecule has 2 aromatic carbocycles. The number of aromatic nitrogens is 1. The van der Waals surface area contributed by atoms with Gasteiger partial charge in [0.05, 0.1) is 23.9 Å². The summed E-state index contributed by atoms with van der Waals surface area (Å²) in [7, 11) is -2.54. The standard InChI is InChI=1S/C27H26ClN3O5S/c1-36-24-13-20(31(16-17-7-8-17)19-11-9-18(28)10-12-19)15-29-25(24)26(32)22-14-23(22)27(33)30-37(34,35)21-5-3-2-4-6-21/h2-6,9-13,15,17,22-23H,7-8,14,16H2,1H3,(H,30,33). The highest BCUT2D eigenvalue weighted by Gasteiger charge is 2.50. The van der Waals surface area contributed by atoms with Crippen LogP contribution in [-0.2, 0) is 14.8 Å². The largest absolute Gasteiger partial charge is 0.494 e. The fraction of sp³-hybridized carbons (Fsp3) is 0.296. The molecule has 2 aliphatic rings. The lowest BCUT2D eigenvalue weighted by atomic mass is 10.1. The van der Waals surface area contributed by atoms with E-state index >= 15 is 0 Å². The van der Waals surface area contributed by atoms with Crippen LogP contribution in [0.4, 0.5) is 11.4 Å². The maximum Gasteiger partial charge on any atom is 0.264 e. The Bertz CT molecular complexity index is 1430. The Balaban J connectivity index is 1.32. The molecule has 1 N–H and O–H groups in total. The summed E-state index contributed by atoms with van der Waals surface area (Å²) in [6.45, 7) is 0.806. The van der Waals surface area contributed by atoms with E-state index in [9.17, 15) is 18.0 Å². The van der Waals surface area contributed by atoms with Gasteiger partial charge < -0.3 is 9.64 Å². The summed E-state index contributed by atoms with van der Waals surface area (Å²) in [5.41, 5.74) is 1.86. The molecule has 3 aromatic rings. The summed E-state index contributed by atoms with van der Waals surface area (Å²) >= 11 is 6.07. The van der Waals surface area contributed by atoms with Gasteiger partial charge in [0.1, 0.15) is 11.4 Å². The predicted molar refractivity (Wildman–Crippen MR) is 140 cm³/mol. The van der Waals surface area contributed by atoms with Crippen molar-refractivity contribution in [2.24, 2.45) is 17.8 Å². The van der Waals surface area contributed by atoms with E-state index in [2.05, 4.69) is 14.6 Å². The van der Waals surface area contributed by atoms with E-state index in [4.69, 9.17) is 16.3 Å². The van der Waals surface area contributed by atoms with Crippen LogP contribution in [0.1, 0.15) is 29.8 Å². The maximum atomic E-state index is 13.2. The fourth-order valence-corrected chi connectivity index (χ4v) is 5.45. The van der Waals surface area contributed by atoms with Crippen LogP contribution in [0.25, 0.3) is 0 Å². The lowest BCUT2D eigenvalue weighted by Gasteiger charge is -2.25. The minimum Gasteiger partial charge on any atom is -0.494 e. The van der Waals surface area contributed by atoms with Crippen molar-refractivity contribution in [3.8, 4) is 5.75 Å². The van der Waals surface area contributed by atoms with Gasteiger partial charge in [0, 0.05) is 35.2 Å². The number of nitrogens with zero attached hydrogens (tertiary/aromatic N) is 2. The average Bonchev–Trinajstić information content (AvgIpc) is 3.82. The molecule has 2 unspecified atom stereocenters. The van der Waals surface area contributed by atoms with Crippen LogP contribution in [-0.4, -0.2) is 38.7 Å². The molecule has 1 amide bonds. The first-order valence-electron chi connectivity index (χ1n) is 12.0. The molecule has 37 heavy (non-hydrogen) atoms. The summed E-state index contributed by atoms with van der Waals surface area (Å²) in [6.07, 6.45) is 4.21. The third-order valence-corrected chi connectivity index (χ3v) is 8.25. The van der Waals surface area contributed by atoms with Gasteiger partial charge in [0.25, 0.3) is 10.0 Å². The highest BCUT2D eigenvalue weighted by Crippen LogP contribution is 2.43. The summed E-state index contributed by atoms with van der Waals surface area (Å²) in [5.74, 6) is -1.55. The number of Topliss-reactive ketones (excluding diaryl/α,β-unsaturated/α-hetero) is 1. The average molecular weight is 540 g/mol. The van der Waals surface area contributed by atoms with Gasteiger partial charge in [0.15, 0.2) is 5.78 Å². The Hall–Kier alpha value is -3.43. The summed E-state index contributed by atoms with van der Waals surface area (Å²) in [4.78, 5) is 32.4. The maximum absolute atomic E-state index is 13.2. The number of pyridine rings is 1. The molecule has 1 aromatic heterocycles. The molecule has 2 aliphatic carbocycles. The number of halogens is 1. The lowest BCUT2D eigenvalue weighted by molar-refractivity contribution is -0.120. The van der Waals surface area contributed by atoms with Crippen LogP contribution in [0.3, 0.4) is 0 Å². The molecule has 0 aliphatic heterocycles. The van der Waals surface area contributed by atoms with Crippen LogP contribution in [0, 0.1) is 17.8 Å². The van der Waals surface area contributed by atoms with E-state index in [0.29, 0.717) is 16.7 Å². The van der Waals surface area contributed by atoms with E-state index in [1.165, 1.54) is 19.2 Å². The van der Waals surface area contributed by atoms with Gasteiger partial charge in [-0.1, -0.05) is 29.8 Å². The van der Waals surface area contributed by atoms with E-state index in [1.807, 2.05) is 24.3 Å². The number of carbonyl (C=O) groups is 2. The van der Waals surface area contributed by atoms with Crippen molar-refractivity contribution < 1.29 is 22.7 Å². The van der Waals surface area contributed by atoms with E-state index in [1.54, 1.807) is 30.5 Å². The fourth-order valence-electron chi connectivity index (χ4n) is 4.28. The molecular weight excluding hydrogens is 514 g/mol. The number of carbonyl (C=O) groups excluding carboxylic acids is 2. The molecule has 10 heteroatoms. The number of ether oxygens (including phenoxy) is 1. The van der Waals surface area contributed by atoms with Crippen molar-refractivity contribution in [3.63, 3.8) is 0 Å². The molecule has 0 spiro atoms. The Kier molecular flexibility index (Phi) is 6.92. The Morgan fingerprint density at radius 2 is 1.76 bits per heavy atom. The number of sulfonamides is 1. The molecule has 192 valence electrons. The summed E-state index contributed by atoms with van der Waals surface area (Å²) in [5, 5.41) is 0.645. The van der Waals surface area contributed by atoms with Gasteiger partial charge in [-0.25, -0.2) is 18.1 Å². The molecule has 0 saturated heterocycles. The van der Waals surface area contributed by atoms with Crippen LogP contribution in [0.2, 0.25) is 5.02 Å². The quantitative estimate of drug-likeness (QED) is 0.375. The number of anilines is 2. The molecule has 2 atom stereocenters. The monoisotopic (exact) mass is 539 g/mol. The third kappa shape index (κ3) is 5.62. The number of hydrogen-bond acceptors (Lipinski definition) is 7. The van der Waals surface area contributed by atoms with Crippen molar-refractivity contribution in [1.29, 1.82) is 0 Å². The highest BCUT2D eigenvalue weighted by molar-refractivity contribution is 7.90. The Morgan fingerprint density at radius 3 is 2.41 bits per heavy atom. The zero-order valence-corrected chi connectivity index (χ0v) is 21.7. The van der Waals surface area contributed by atoms with Crippen molar-refractivity contribution in [3.05, 3.63) is 77.6 Å². The van der Waals surface area contributed by atoms with Gasteiger partial charge in [-0.15, -0.1) is 0 Å². The van der Waals surface area contributed by atoms with Crippen LogP contribution < -0.4 is 14.4 Å². The second-order valence-electron chi connectivity index (χ2n) is 9.37. The van der Waals surface area contributed by atoms with Gasteiger partial charge in [0.2, 0.25) is 5.91 Å². The first-order valence-corrected chi connectivity index (χ1v) is 13.9. The molecule has 2 saturated carbocycles. The number of rotatable bonds is 10. The minimum atomic E-state index is -4.01. The first-order chi connectivity index (χ1) is 17.8. The van der Waals surface area contributed by atoms with Gasteiger partial charge in [-0.2, -0.15) is 0 Å². The van der Waals surface area contributed by atoms with Gasteiger partial charge in [-0.3, -0.25) is 9.59 Å². The van der Waals surface area contributed by atoms with Crippen LogP contribution in [0.15, 0.2) is 71.8 Å². The molecule has 0 radical (unpaired) electrons. The number of ketones is 1. The number of nitrogens with one attached hydrogen (secondary N) is 1. The van der Waals surface area contributed by atoms with Crippen molar-refractivity contribution in [2.45, 2.75) is 24.2 Å². The minimum absolute atomic E-state index is 0.0118. The predicted octanol–water partition coefficient (Wildman–Crippen LogP) is 4.62. The first kappa shape index (κ1) is 25.2. The Morgan fingerprint density at radius 1 is 1.05 bits per heavy atom. The van der Waals surface area contributed by atoms with Crippen molar-refractivity contribution in [1.82, 2.24) is 9.71 Å². The second kappa shape index (κ2) is 10.1. The van der Waals surface area contributed by atoms with E-state index in [-0.39, 0.29) is 22.8 Å². The lowest BCUT2D eigenvalue weighted by Crippen LogP contribution is -2.32. The number of methoxy groups -OCH3 is 1. The zero-order valence-electron chi connectivity index (χ0n) is 20.1. The normalized spacial score (nSPS) is 18.6. The number of hydrogen-bond donors (Lipinski definition) is 1. The zero-order chi connectivity index (χ0) is 26.2. The smallest absolute Gasteiger partial charge is 0.264 e. The van der Waals surface area contributed by atoms with Gasteiger partial charge in [-0.05, 0) is 61.6 Å². The molecular formula is C27H26ClN3O5S. The van der Waals surface area contributed by atoms with Crippen LogP contribution in [0.5, 0.6) is 5.75 Å². The topological polar surface area (TPSA) is 106 Å². The molecule has 8 nitrogen and oxygen atoms in total. The van der Waals surface area contributed by atoms with Gasteiger partial charge >= 0.3 is 0 Å². The van der Waals surface area contributed by atoms with Crippen molar-refractivity contribution in [2.75, 3.05) is 18.6 Å². The Labute approximate surface area is 220 Å². The van der Waals surface area contributed by atoms with Crippen LogP contribution >= 0.6 is 11.6 Å². The van der Waals surface area contributed by atoms with Crippen molar-refractivity contribution >= 4 is 44.7 Å².